The summed E-state index contributed by atoms with van der Waals surface area (Å²) in [5, 5.41) is 8.25. The van der Waals surface area contributed by atoms with Gasteiger partial charge < -0.3 is 5.32 Å². The quantitative estimate of drug-likeness (QED) is 0.759. The summed E-state index contributed by atoms with van der Waals surface area (Å²) in [5.74, 6) is 0.0506. The number of nitrogens with one attached hydrogen (secondary N) is 1. The average molecular weight is 332 g/mol. The number of rotatable bonds is 4. The molecule has 2 aliphatic rings. The molecule has 1 saturated carbocycles. The molecule has 1 heterocycles. The molecule has 1 saturated heterocycles. The Labute approximate surface area is 133 Å². The lowest BCUT2D eigenvalue weighted by Gasteiger charge is -2.32. The lowest BCUT2D eigenvalue weighted by molar-refractivity contribution is -0.123. The van der Waals surface area contributed by atoms with Gasteiger partial charge in [-0.05, 0) is 12.8 Å². The van der Waals surface area contributed by atoms with Crippen molar-refractivity contribution in [2.45, 2.75) is 51.0 Å². The van der Waals surface area contributed by atoms with Crippen molar-refractivity contribution >= 4 is 16.1 Å². The third-order valence-electron chi connectivity index (χ3n) is 4.53. The summed E-state index contributed by atoms with van der Waals surface area (Å²) in [5.41, 5.74) is 0. The van der Waals surface area contributed by atoms with Crippen LogP contribution < -0.4 is 10.5 Å². The monoisotopic (exact) mass is 332 g/mol. The van der Waals surface area contributed by atoms with Crippen LogP contribution in [0.25, 0.3) is 0 Å². The zero-order chi connectivity index (χ0) is 16.0. The van der Waals surface area contributed by atoms with Crippen LogP contribution in [0.1, 0.15) is 44.9 Å². The molecular weight excluding hydrogens is 304 g/mol. The molecule has 0 radical (unpaired) electrons. The summed E-state index contributed by atoms with van der Waals surface area (Å²) in [6, 6.07) is 0.304. The second-order valence-corrected chi connectivity index (χ2v) is 7.88. The van der Waals surface area contributed by atoms with Gasteiger partial charge in [-0.3, -0.25) is 9.69 Å². The van der Waals surface area contributed by atoms with E-state index in [2.05, 4.69) is 5.32 Å². The predicted octanol–water partition coefficient (Wildman–Crippen LogP) is 0.0366. The van der Waals surface area contributed by atoms with E-state index in [1.807, 2.05) is 4.90 Å². The zero-order valence-electron chi connectivity index (χ0n) is 13.2. The summed E-state index contributed by atoms with van der Waals surface area (Å²) in [4.78, 5) is 14.1. The number of nitrogens with zero attached hydrogens (tertiary/aromatic N) is 2. The van der Waals surface area contributed by atoms with Crippen molar-refractivity contribution in [1.29, 1.82) is 0 Å². The summed E-state index contributed by atoms with van der Waals surface area (Å²) in [6.45, 7) is 2.16. The van der Waals surface area contributed by atoms with Crippen LogP contribution in [-0.2, 0) is 15.0 Å². The maximum Gasteiger partial charge on any atom is 0.276 e. The van der Waals surface area contributed by atoms with Gasteiger partial charge in [0, 0.05) is 32.2 Å². The largest absolute Gasteiger partial charge is 0.352 e. The number of carbonyl (C=O) groups excluding carboxylic acids is 1. The van der Waals surface area contributed by atoms with Crippen LogP contribution in [0.15, 0.2) is 0 Å². The van der Waals surface area contributed by atoms with E-state index in [-0.39, 0.29) is 5.91 Å². The lowest BCUT2D eigenvalue weighted by Crippen LogP contribution is -2.53. The highest BCUT2D eigenvalue weighted by Crippen LogP contribution is 2.17. The van der Waals surface area contributed by atoms with Gasteiger partial charge >= 0.3 is 0 Å². The second kappa shape index (κ2) is 8.24. The normalized spacial score (nSPS) is 23.7. The molecule has 0 spiro atoms. The summed E-state index contributed by atoms with van der Waals surface area (Å²) in [6.07, 6.45) is 8.38. The highest BCUT2D eigenvalue weighted by atomic mass is 32.2. The van der Waals surface area contributed by atoms with Gasteiger partial charge in [-0.25, -0.2) is 5.14 Å². The maximum absolute atomic E-state index is 12.1. The molecule has 0 bridgehead atoms. The molecule has 0 aromatic carbocycles. The number of hydrogen-bond acceptors (Lipinski definition) is 4. The molecule has 8 heteroatoms. The van der Waals surface area contributed by atoms with E-state index in [9.17, 15) is 13.2 Å². The Kier molecular flexibility index (Phi) is 6.61. The fourth-order valence-corrected chi connectivity index (χ4v) is 3.89. The van der Waals surface area contributed by atoms with E-state index in [0.29, 0.717) is 38.8 Å². The highest BCUT2D eigenvalue weighted by molar-refractivity contribution is 7.86. The predicted molar refractivity (Wildman–Crippen MR) is 85.4 cm³/mol. The van der Waals surface area contributed by atoms with Crippen LogP contribution in [0.3, 0.4) is 0 Å². The zero-order valence-corrected chi connectivity index (χ0v) is 14.0. The van der Waals surface area contributed by atoms with Crippen molar-refractivity contribution < 1.29 is 13.2 Å². The third-order valence-corrected chi connectivity index (χ3v) is 5.61. The molecule has 2 rings (SSSR count). The number of hydrogen-bond donors (Lipinski definition) is 2. The molecule has 22 heavy (non-hydrogen) atoms. The summed E-state index contributed by atoms with van der Waals surface area (Å²) >= 11 is 0. The topological polar surface area (TPSA) is 95.7 Å². The Bertz CT molecular complexity index is 453. The van der Waals surface area contributed by atoms with Gasteiger partial charge in [0.15, 0.2) is 0 Å². The van der Waals surface area contributed by atoms with Gasteiger partial charge in [0.25, 0.3) is 10.2 Å². The number of amides is 1. The molecule has 1 aliphatic heterocycles. The Morgan fingerprint density at radius 2 is 1.55 bits per heavy atom. The van der Waals surface area contributed by atoms with Crippen molar-refractivity contribution in [3.05, 3.63) is 0 Å². The van der Waals surface area contributed by atoms with E-state index in [4.69, 9.17) is 5.14 Å². The molecular formula is C14H28N4O3S. The standard InChI is InChI=1S/C14H28N4O3S/c15-22(20,21)18-10-8-17(9-11-18)12-14(19)16-13-6-4-2-1-3-5-7-13/h13H,1-12H2,(H,16,19)(H2,15,20,21). The van der Waals surface area contributed by atoms with Crippen molar-refractivity contribution in [1.82, 2.24) is 14.5 Å². The van der Waals surface area contributed by atoms with Gasteiger partial charge in [-0.2, -0.15) is 12.7 Å². The molecule has 3 N–H and O–H groups in total. The maximum atomic E-state index is 12.1. The molecule has 2 fully saturated rings. The van der Waals surface area contributed by atoms with E-state index in [0.717, 1.165) is 12.8 Å². The SMILES string of the molecule is NS(=O)(=O)N1CCN(CC(=O)NC2CCCCCCC2)CC1. The first-order valence-electron chi connectivity index (χ1n) is 8.25. The van der Waals surface area contributed by atoms with E-state index in [1.54, 1.807) is 0 Å². The Morgan fingerprint density at radius 1 is 1.00 bits per heavy atom. The summed E-state index contributed by atoms with van der Waals surface area (Å²) < 4.78 is 23.7. The molecule has 0 atom stereocenters. The van der Waals surface area contributed by atoms with Crippen LogP contribution in [0, 0.1) is 0 Å². The van der Waals surface area contributed by atoms with Crippen LogP contribution in [0.4, 0.5) is 0 Å². The number of carbonyl (C=O) groups is 1. The first-order chi connectivity index (χ1) is 10.4. The van der Waals surface area contributed by atoms with Crippen LogP contribution in [-0.4, -0.2) is 62.3 Å². The van der Waals surface area contributed by atoms with Crippen LogP contribution >= 0.6 is 0 Å². The van der Waals surface area contributed by atoms with Crippen LogP contribution in [0.2, 0.25) is 0 Å². The van der Waals surface area contributed by atoms with Gasteiger partial charge in [-0.1, -0.05) is 32.1 Å². The van der Waals surface area contributed by atoms with Crippen LogP contribution in [0.5, 0.6) is 0 Å². The van der Waals surface area contributed by atoms with Gasteiger partial charge in [0.05, 0.1) is 6.54 Å². The summed E-state index contributed by atoms with van der Waals surface area (Å²) in [7, 11) is -3.60. The fraction of sp³-hybridized carbons (Fsp3) is 0.929. The smallest absolute Gasteiger partial charge is 0.276 e. The molecule has 1 amide bonds. The first kappa shape index (κ1) is 17.7. The van der Waals surface area contributed by atoms with E-state index >= 15 is 0 Å². The molecule has 1 aliphatic carbocycles. The first-order valence-corrected chi connectivity index (χ1v) is 9.75. The third kappa shape index (κ3) is 5.83. The fourth-order valence-electron chi connectivity index (χ4n) is 3.22. The van der Waals surface area contributed by atoms with Crippen molar-refractivity contribution in [3.8, 4) is 0 Å². The number of piperazine rings is 1. The molecule has 128 valence electrons. The van der Waals surface area contributed by atoms with Crippen molar-refractivity contribution in [2.24, 2.45) is 5.14 Å². The Morgan fingerprint density at radius 3 is 2.09 bits per heavy atom. The minimum atomic E-state index is -3.60. The second-order valence-electron chi connectivity index (χ2n) is 6.33. The Hall–Kier alpha value is -0.700. The molecule has 0 aromatic rings. The molecule has 0 unspecified atom stereocenters. The molecule has 0 aromatic heterocycles. The molecule has 7 nitrogen and oxygen atoms in total. The van der Waals surface area contributed by atoms with Crippen molar-refractivity contribution in [3.63, 3.8) is 0 Å². The van der Waals surface area contributed by atoms with Gasteiger partial charge in [0.2, 0.25) is 5.91 Å². The van der Waals surface area contributed by atoms with Crippen molar-refractivity contribution in [2.75, 3.05) is 32.7 Å². The van der Waals surface area contributed by atoms with Gasteiger partial charge in [-0.15, -0.1) is 0 Å². The Balaban J connectivity index is 1.71. The highest BCUT2D eigenvalue weighted by Gasteiger charge is 2.25. The lowest BCUT2D eigenvalue weighted by atomic mass is 9.97. The van der Waals surface area contributed by atoms with E-state index < -0.39 is 10.2 Å². The average Bonchev–Trinajstić information content (AvgIpc) is 2.41. The minimum absolute atomic E-state index is 0.0506. The van der Waals surface area contributed by atoms with E-state index in [1.165, 1.54) is 36.4 Å². The van der Waals surface area contributed by atoms with Gasteiger partial charge in [0.1, 0.15) is 0 Å². The number of nitrogens with two attached hydrogens (primary N) is 1. The minimum Gasteiger partial charge on any atom is -0.352 e.